The fourth-order valence-corrected chi connectivity index (χ4v) is 3.18. The van der Waals surface area contributed by atoms with Crippen LogP contribution in [0.4, 0.5) is 0 Å². The highest BCUT2D eigenvalue weighted by Gasteiger charge is 2.23. The van der Waals surface area contributed by atoms with Crippen LogP contribution in [0, 0.1) is 3.70 Å². The Hall–Kier alpha value is -1.41. The maximum atomic E-state index is 6.42. The Kier molecular flexibility index (Phi) is 6.17. The minimum atomic E-state index is -0.147. The van der Waals surface area contributed by atoms with Gasteiger partial charge in [-0.3, -0.25) is 9.67 Å². The maximum Gasteiger partial charge on any atom is 0.213 e. The van der Waals surface area contributed by atoms with Gasteiger partial charge in [-0.15, -0.1) is 11.6 Å². The zero-order chi connectivity index (χ0) is 17.0. The summed E-state index contributed by atoms with van der Waals surface area (Å²) in [4.78, 5) is 8.32. The summed E-state index contributed by atoms with van der Waals surface area (Å²) < 4.78 is 7.97. The average molecular weight is 445 g/mol. The van der Waals surface area contributed by atoms with E-state index in [-0.39, 0.29) is 11.4 Å². The predicted octanol–water partition coefficient (Wildman–Crippen LogP) is 4.37. The number of hydrogen-bond donors (Lipinski definition) is 0. The van der Waals surface area contributed by atoms with Crippen molar-refractivity contribution >= 4 is 51.8 Å². The van der Waals surface area contributed by atoms with Gasteiger partial charge in [0.15, 0.2) is 0 Å². The molecule has 7 heteroatoms. The minimum Gasteiger partial charge on any atom is -0.481 e. The van der Waals surface area contributed by atoms with Crippen molar-refractivity contribution in [3.05, 3.63) is 40.4 Å². The van der Waals surface area contributed by atoms with Crippen LogP contribution in [0.15, 0.2) is 41.7 Å². The number of methoxy groups -OCH3 is 1. The molecule has 0 bridgehead atoms. The largest absolute Gasteiger partial charge is 0.481 e. The van der Waals surface area contributed by atoms with Gasteiger partial charge in [-0.25, -0.2) is 4.98 Å². The molecule has 0 aromatic carbocycles. The van der Waals surface area contributed by atoms with Gasteiger partial charge in [0.05, 0.1) is 30.2 Å². The number of allylic oxidation sites excluding steroid dienone is 3. The summed E-state index contributed by atoms with van der Waals surface area (Å²) in [7, 11) is 1.59. The highest BCUT2D eigenvalue weighted by atomic mass is 127. The van der Waals surface area contributed by atoms with E-state index in [1.807, 2.05) is 23.7 Å². The predicted molar refractivity (Wildman–Crippen MR) is 104 cm³/mol. The van der Waals surface area contributed by atoms with Crippen molar-refractivity contribution in [2.24, 2.45) is 4.99 Å². The Labute approximate surface area is 154 Å². The summed E-state index contributed by atoms with van der Waals surface area (Å²) in [6.07, 6.45) is 5.89. The Morgan fingerprint density at radius 2 is 2.35 bits per heavy atom. The third-order valence-corrected chi connectivity index (χ3v) is 4.60. The first-order valence-electron chi connectivity index (χ1n) is 7.02. The van der Waals surface area contributed by atoms with Crippen molar-refractivity contribution in [2.45, 2.75) is 24.8 Å². The lowest BCUT2D eigenvalue weighted by molar-refractivity contribution is 0.398. The van der Waals surface area contributed by atoms with Crippen LogP contribution in [-0.2, 0) is 0 Å². The van der Waals surface area contributed by atoms with Crippen LogP contribution in [0.1, 0.15) is 19.4 Å². The summed E-state index contributed by atoms with van der Waals surface area (Å²) in [6.45, 7) is 9.25. The molecule has 0 aliphatic carbocycles. The number of pyridine rings is 1. The van der Waals surface area contributed by atoms with Gasteiger partial charge in [-0.05, 0) is 42.3 Å². The number of fused-ring (bicyclic) bond motifs is 1. The van der Waals surface area contributed by atoms with Crippen molar-refractivity contribution in [1.82, 2.24) is 14.8 Å². The van der Waals surface area contributed by atoms with Gasteiger partial charge in [0.2, 0.25) is 5.88 Å². The third kappa shape index (κ3) is 3.92. The topological polar surface area (TPSA) is 52.3 Å². The molecule has 0 aliphatic rings. The number of nitrogens with zero attached hydrogens (tertiary/aromatic N) is 4. The molecule has 23 heavy (non-hydrogen) atoms. The maximum absolute atomic E-state index is 6.42. The monoisotopic (exact) mass is 444 g/mol. The summed E-state index contributed by atoms with van der Waals surface area (Å²) in [5.74, 6) is 0.561. The van der Waals surface area contributed by atoms with Gasteiger partial charge in [-0.1, -0.05) is 12.7 Å². The van der Waals surface area contributed by atoms with E-state index >= 15 is 0 Å². The molecule has 2 aromatic heterocycles. The molecule has 2 rings (SSSR count). The van der Waals surface area contributed by atoms with Crippen molar-refractivity contribution < 1.29 is 4.74 Å². The second-order valence-corrected chi connectivity index (χ2v) is 6.69. The Morgan fingerprint density at radius 3 is 2.91 bits per heavy atom. The first-order valence-corrected chi connectivity index (χ1v) is 8.53. The zero-order valence-electron chi connectivity index (χ0n) is 13.0. The molecule has 0 saturated carbocycles. The fourth-order valence-electron chi connectivity index (χ4n) is 2.32. The molecular formula is C16H18ClIN4O. The molecule has 2 heterocycles. The van der Waals surface area contributed by atoms with E-state index in [0.29, 0.717) is 12.3 Å². The fraction of sp³-hybridized carbons (Fsp3) is 0.312. The van der Waals surface area contributed by atoms with Crippen LogP contribution in [0.3, 0.4) is 0 Å². The molecule has 0 aliphatic heterocycles. The summed E-state index contributed by atoms with van der Waals surface area (Å²) in [5, 5.41) is 5.48. The standard InChI is InChI=1S/C16H18ClIN4O/c1-5-6-11(19-3)7-13(10(2)17)22-14-9-20-15(23-4)8-12(14)16(18)21-22/h5-6,8-10,13H,1,3,7H2,2,4H3/b11-6+/t10?,13-/m1/s1. The molecule has 0 saturated heterocycles. The molecule has 122 valence electrons. The first-order chi connectivity index (χ1) is 11.0. The smallest absolute Gasteiger partial charge is 0.213 e. The molecule has 0 N–H and O–H groups in total. The van der Waals surface area contributed by atoms with Crippen molar-refractivity contribution in [3.63, 3.8) is 0 Å². The molecule has 0 radical (unpaired) electrons. The Bertz CT molecular complexity index is 754. The number of ether oxygens (including phenoxy) is 1. The lowest BCUT2D eigenvalue weighted by atomic mass is 10.1. The van der Waals surface area contributed by atoms with Gasteiger partial charge in [-0.2, -0.15) is 5.10 Å². The average Bonchev–Trinajstić information content (AvgIpc) is 2.87. The minimum absolute atomic E-state index is 0.0745. The molecule has 2 atom stereocenters. The van der Waals surface area contributed by atoms with E-state index in [4.69, 9.17) is 16.3 Å². The zero-order valence-corrected chi connectivity index (χ0v) is 16.0. The van der Waals surface area contributed by atoms with E-state index in [1.54, 1.807) is 19.4 Å². The lowest BCUT2D eigenvalue weighted by Crippen LogP contribution is -2.19. The molecule has 0 fully saturated rings. The highest BCUT2D eigenvalue weighted by Crippen LogP contribution is 2.31. The van der Waals surface area contributed by atoms with E-state index in [0.717, 1.165) is 20.3 Å². The number of aliphatic imine (C=N–C) groups is 1. The van der Waals surface area contributed by atoms with Gasteiger partial charge in [0, 0.05) is 23.6 Å². The SMILES string of the molecule is C=C/C=C(\C[C@H](C(C)Cl)n1nc(I)c2cc(OC)ncc21)N=C. The van der Waals surface area contributed by atoms with E-state index in [1.165, 1.54) is 0 Å². The second kappa shape index (κ2) is 7.92. The number of aromatic nitrogens is 3. The van der Waals surface area contributed by atoms with Gasteiger partial charge >= 0.3 is 0 Å². The van der Waals surface area contributed by atoms with Crippen molar-refractivity contribution in [2.75, 3.05) is 7.11 Å². The van der Waals surface area contributed by atoms with Crippen LogP contribution in [-0.4, -0.2) is 34.0 Å². The Morgan fingerprint density at radius 1 is 1.61 bits per heavy atom. The highest BCUT2D eigenvalue weighted by molar-refractivity contribution is 14.1. The van der Waals surface area contributed by atoms with E-state index in [2.05, 4.69) is 51.0 Å². The second-order valence-electron chi connectivity index (χ2n) is 4.98. The van der Waals surface area contributed by atoms with Crippen molar-refractivity contribution in [3.8, 4) is 5.88 Å². The number of hydrogen-bond acceptors (Lipinski definition) is 4. The number of rotatable bonds is 7. The number of alkyl halides is 1. The molecular weight excluding hydrogens is 427 g/mol. The lowest BCUT2D eigenvalue weighted by Gasteiger charge is -2.21. The van der Waals surface area contributed by atoms with Crippen LogP contribution in [0.25, 0.3) is 10.9 Å². The molecule has 2 aromatic rings. The summed E-state index contributed by atoms with van der Waals surface area (Å²) >= 11 is 8.63. The Balaban J connectivity index is 2.51. The van der Waals surface area contributed by atoms with Crippen LogP contribution in [0.2, 0.25) is 0 Å². The first kappa shape index (κ1) is 17.9. The van der Waals surface area contributed by atoms with Crippen LogP contribution in [0.5, 0.6) is 5.88 Å². The van der Waals surface area contributed by atoms with Gasteiger partial charge in [0.1, 0.15) is 3.70 Å². The third-order valence-electron chi connectivity index (χ3n) is 3.51. The normalized spacial score (nSPS) is 14.5. The number of halogens is 2. The van der Waals surface area contributed by atoms with E-state index < -0.39 is 0 Å². The molecule has 1 unspecified atom stereocenters. The molecule has 5 nitrogen and oxygen atoms in total. The summed E-state index contributed by atoms with van der Waals surface area (Å²) in [5.41, 5.74) is 1.73. The van der Waals surface area contributed by atoms with Crippen LogP contribution < -0.4 is 4.74 Å². The summed E-state index contributed by atoms with van der Waals surface area (Å²) in [6, 6.07) is 1.80. The quantitative estimate of drug-likeness (QED) is 0.276. The van der Waals surface area contributed by atoms with E-state index in [9.17, 15) is 0 Å². The molecule has 0 spiro atoms. The van der Waals surface area contributed by atoms with Crippen LogP contribution >= 0.6 is 34.2 Å². The van der Waals surface area contributed by atoms with Gasteiger partial charge in [0.25, 0.3) is 0 Å². The van der Waals surface area contributed by atoms with Crippen molar-refractivity contribution in [1.29, 1.82) is 0 Å². The molecule has 0 amide bonds. The van der Waals surface area contributed by atoms with Gasteiger partial charge < -0.3 is 4.74 Å².